The van der Waals surface area contributed by atoms with Crippen molar-refractivity contribution in [2.45, 2.75) is 0 Å². The van der Waals surface area contributed by atoms with Crippen LogP contribution in [0.15, 0.2) is 160 Å². The van der Waals surface area contributed by atoms with Gasteiger partial charge < -0.3 is 13.7 Å². The third-order valence-electron chi connectivity index (χ3n) is 8.58. The van der Waals surface area contributed by atoms with Crippen LogP contribution in [0.2, 0.25) is 0 Å². The molecule has 0 atom stereocenters. The van der Waals surface area contributed by atoms with Gasteiger partial charge in [-0.3, -0.25) is 0 Å². The number of halogens is 1. The molecule has 5 heteroatoms. The van der Waals surface area contributed by atoms with E-state index in [1.165, 1.54) is 16.8 Å². The van der Waals surface area contributed by atoms with Gasteiger partial charge in [-0.25, -0.2) is 9.37 Å². The van der Waals surface area contributed by atoms with Crippen molar-refractivity contribution in [1.29, 1.82) is 0 Å². The SMILES string of the molecule is Fc1ccccc1N(c1ccc(-c2cccc3ccccc23)cc1)c1ccc2c(c1)oc1cccc(-c3nc4ccccc4o3)c12. The van der Waals surface area contributed by atoms with E-state index in [1.807, 2.05) is 83.8 Å². The van der Waals surface area contributed by atoms with Crippen LogP contribution in [0.25, 0.3) is 66.4 Å². The van der Waals surface area contributed by atoms with Crippen LogP contribution in [0.5, 0.6) is 0 Å². The van der Waals surface area contributed by atoms with Crippen molar-refractivity contribution in [3.63, 3.8) is 0 Å². The molecule has 0 unspecified atom stereocenters. The third-order valence-corrected chi connectivity index (χ3v) is 8.58. The van der Waals surface area contributed by atoms with Crippen LogP contribution in [0.1, 0.15) is 0 Å². The fourth-order valence-corrected chi connectivity index (χ4v) is 6.45. The van der Waals surface area contributed by atoms with Crippen molar-refractivity contribution >= 4 is 60.9 Å². The van der Waals surface area contributed by atoms with Gasteiger partial charge >= 0.3 is 0 Å². The molecule has 0 aliphatic carbocycles. The van der Waals surface area contributed by atoms with E-state index in [2.05, 4.69) is 54.6 Å². The lowest BCUT2D eigenvalue weighted by Gasteiger charge is -2.26. The maximum atomic E-state index is 15.5. The van der Waals surface area contributed by atoms with E-state index in [9.17, 15) is 0 Å². The summed E-state index contributed by atoms with van der Waals surface area (Å²) >= 11 is 0. The fourth-order valence-electron chi connectivity index (χ4n) is 6.45. The highest BCUT2D eigenvalue weighted by Gasteiger charge is 2.21. The molecule has 0 amide bonds. The zero-order chi connectivity index (χ0) is 30.6. The summed E-state index contributed by atoms with van der Waals surface area (Å²) in [4.78, 5) is 6.67. The number of hydrogen-bond donors (Lipinski definition) is 0. The highest BCUT2D eigenvalue weighted by atomic mass is 19.1. The van der Waals surface area contributed by atoms with Gasteiger partial charge in [-0.1, -0.05) is 84.9 Å². The molecular formula is C41H25FN2O2. The number of furan rings is 1. The third kappa shape index (κ3) is 4.25. The predicted molar refractivity (Wildman–Crippen MR) is 184 cm³/mol. The zero-order valence-electron chi connectivity index (χ0n) is 24.5. The topological polar surface area (TPSA) is 42.4 Å². The second-order valence-electron chi connectivity index (χ2n) is 11.3. The second kappa shape index (κ2) is 10.5. The maximum Gasteiger partial charge on any atom is 0.228 e. The van der Waals surface area contributed by atoms with Gasteiger partial charge in [0.2, 0.25) is 5.89 Å². The maximum absolute atomic E-state index is 15.5. The van der Waals surface area contributed by atoms with E-state index in [0.717, 1.165) is 55.5 Å². The molecule has 7 aromatic carbocycles. The Labute approximate surface area is 263 Å². The van der Waals surface area contributed by atoms with E-state index in [-0.39, 0.29) is 5.82 Å². The Kier molecular flexibility index (Phi) is 5.96. The van der Waals surface area contributed by atoms with Crippen LogP contribution in [0.3, 0.4) is 0 Å². The summed E-state index contributed by atoms with van der Waals surface area (Å²) in [5.74, 6) is 0.224. The highest BCUT2D eigenvalue weighted by molar-refractivity contribution is 6.12. The molecule has 0 bridgehead atoms. The lowest BCUT2D eigenvalue weighted by Crippen LogP contribution is -2.11. The summed E-state index contributed by atoms with van der Waals surface area (Å²) in [7, 11) is 0. The molecule has 0 saturated carbocycles. The van der Waals surface area contributed by atoms with Crippen LogP contribution >= 0.6 is 0 Å². The Bertz CT molecular complexity index is 2530. The Morgan fingerprint density at radius 3 is 2.13 bits per heavy atom. The van der Waals surface area contributed by atoms with Gasteiger partial charge in [0, 0.05) is 33.8 Å². The molecule has 0 radical (unpaired) electrons. The van der Waals surface area contributed by atoms with Gasteiger partial charge in [0.1, 0.15) is 22.5 Å². The number of anilines is 3. The Hall–Kier alpha value is -6.20. The first-order valence-electron chi connectivity index (χ1n) is 15.2. The van der Waals surface area contributed by atoms with Crippen molar-refractivity contribution in [2.24, 2.45) is 0 Å². The molecule has 46 heavy (non-hydrogen) atoms. The lowest BCUT2D eigenvalue weighted by atomic mass is 9.98. The van der Waals surface area contributed by atoms with E-state index >= 15 is 4.39 Å². The van der Waals surface area contributed by atoms with E-state index in [4.69, 9.17) is 13.8 Å². The normalized spacial score (nSPS) is 11.6. The molecule has 0 saturated heterocycles. The summed E-state index contributed by atoms with van der Waals surface area (Å²) in [6.45, 7) is 0. The summed E-state index contributed by atoms with van der Waals surface area (Å²) < 4.78 is 28.0. The van der Waals surface area contributed by atoms with Gasteiger partial charge in [-0.2, -0.15) is 0 Å². The first kappa shape index (κ1) is 26.2. The van der Waals surface area contributed by atoms with Crippen LogP contribution in [-0.4, -0.2) is 4.98 Å². The molecular weight excluding hydrogens is 571 g/mol. The number of fused-ring (bicyclic) bond motifs is 5. The van der Waals surface area contributed by atoms with Crippen molar-refractivity contribution in [2.75, 3.05) is 4.90 Å². The number of para-hydroxylation sites is 3. The highest BCUT2D eigenvalue weighted by Crippen LogP contribution is 2.42. The minimum absolute atomic E-state index is 0.316. The summed E-state index contributed by atoms with van der Waals surface area (Å²) in [5.41, 5.74) is 8.10. The van der Waals surface area contributed by atoms with Gasteiger partial charge in [-0.05, 0) is 82.6 Å². The molecule has 2 heterocycles. The lowest BCUT2D eigenvalue weighted by molar-refractivity contribution is 0.620. The molecule has 0 aliphatic rings. The Morgan fingerprint density at radius 2 is 1.24 bits per heavy atom. The van der Waals surface area contributed by atoms with Crippen LogP contribution < -0.4 is 4.90 Å². The first-order valence-corrected chi connectivity index (χ1v) is 15.2. The molecule has 9 aromatic rings. The molecule has 0 N–H and O–H groups in total. The van der Waals surface area contributed by atoms with E-state index < -0.39 is 0 Å². The minimum atomic E-state index is -0.316. The Balaban J connectivity index is 1.18. The van der Waals surface area contributed by atoms with Crippen LogP contribution in [-0.2, 0) is 0 Å². The molecule has 9 rings (SSSR count). The average Bonchev–Trinajstić information content (AvgIpc) is 3.71. The van der Waals surface area contributed by atoms with E-state index in [0.29, 0.717) is 17.2 Å². The molecule has 2 aromatic heterocycles. The fraction of sp³-hybridized carbons (Fsp3) is 0. The monoisotopic (exact) mass is 596 g/mol. The molecule has 0 aliphatic heterocycles. The summed E-state index contributed by atoms with van der Waals surface area (Å²) in [5, 5.41) is 4.23. The van der Waals surface area contributed by atoms with Crippen LogP contribution in [0.4, 0.5) is 21.5 Å². The summed E-state index contributed by atoms with van der Waals surface area (Å²) in [6.07, 6.45) is 0. The average molecular weight is 597 g/mol. The standard InChI is InChI=1S/C41H25FN2O2/c42-34-14-3-5-16-36(34)44(28-21-19-27(20-22-28)31-12-7-10-26-9-1-2-11-30(26)31)29-23-24-32-39(25-29)45-38-18-8-13-33(40(32)38)41-43-35-15-4-6-17-37(35)46-41/h1-25H. The number of aromatic nitrogens is 1. The van der Waals surface area contributed by atoms with Crippen molar-refractivity contribution < 1.29 is 13.2 Å². The number of rotatable bonds is 5. The first-order chi connectivity index (χ1) is 22.7. The Morgan fingerprint density at radius 1 is 0.522 bits per heavy atom. The largest absolute Gasteiger partial charge is 0.456 e. The predicted octanol–water partition coefficient (Wildman–Crippen LogP) is 11.8. The number of nitrogens with zero attached hydrogens (tertiary/aromatic N) is 2. The van der Waals surface area contributed by atoms with Crippen molar-refractivity contribution in [3.8, 4) is 22.6 Å². The quantitative estimate of drug-likeness (QED) is 0.198. The van der Waals surface area contributed by atoms with Gasteiger partial charge in [0.15, 0.2) is 5.58 Å². The van der Waals surface area contributed by atoms with Gasteiger partial charge in [-0.15, -0.1) is 0 Å². The van der Waals surface area contributed by atoms with Crippen molar-refractivity contribution in [1.82, 2.24) is 4.98 Å². The number of oxazole rings is 1. The second-order valence-corrected chi connectivity index (χ2v) is 11.3. The number of benzene rings is 7. The number of hydrogen-bond acceptors (Lipinski definition) is 4. The minimum Gasteiger partial charge on any atom is -0.456 e. The summed E-state index contributed by atoms with van der Waals surface area (Å²) in [6, 6.07) is 49.4. The van der Waals surface area contributed by atoms with Crippen LogP contribution in [0, 0.1) is 5.82 Å². The molecule has 0 fully saturated rings. The smallest absolute Gasteiger partial charge is 0.228 e. The van der Waals surface area contributed by atoms with E-state index in [1.54, 1.807) is 12.1 Å². The van der Waals surface area contributed by atoms with Gasteiger partial charge in [0.25, 0.3) is 0 Å². The molecule has 218 valence electrons. The van der Waals surface area contributed by atoms with Gasteiger partial charge in [0.05, 0.1) is 5.69 Å². The van der Waals surface area contributed by atoms with Crippen molar-refractivity contribution in [3.05, 3.63) is 157 Å². The molecule has 0 spiro atoms. The molecule has 4 nitrogen and oxygen atoms in total. The zero-order valence-corrected chi connectivity index (χ0v) is 24.5.